The summed E-state index contributed by atoms with van der Waals surface area (Å²) in [6, 6.07) is 7.97. The standard InChI is InChI=1S/C16H26N2O2/c1-5-6-13-7-9-14(10-8-13)12(2)17-15(20)18-16(3,4)11-19/h7-10,12,19H,5-6,11H2,1-4H3,(H2,17,18,20). The third-order valence-corrected chi connectivity index (χ3v) is 3.21. The van der Waals surface area contributed by atoms with Crippen molar-refractivity contribution in [1.29, 1.82) is 0 Å². The van der Waals surface area contributed by atoms with Crippen molar-refractivity contribution >= 4 is 6.03 Å². The summed E-state index contributed by atoms with van der Waals surface area (Å²) in [5, 5.41) is 14.7. The summed E-state index contributed by atoms with van der Waals surface area (Å²) in [7, 11) is 0. The molecule has 3 N–H and O–H groups in total. The Balaban J connectivity index is 2.57. The molecule has 4 heteroatoms. The molecule has 0 saturated carbocycles. The minimum absolute atomic E-state index is 0.0693. The number of hydrogen-bond donors (Lipinski definition) is 3. The Kier molecular flexibility index (Phi) is 6.02. The number of nitrogens with one attached hydrogen (secondary N) is 2. The molecule has 0 fully saturated rings. The molecule has 1 rings (SSSR count). The van der Waals surface area contributed by atoms with Crippen LogP contribution in [0, 0.1) is 0 Å². The maximum atomic E-state index is 11.8. The fraction of sp³-hybridized carbons (Fsp3) is 0.562. The van der Waals surface area contributed by atoms with Gasteiger partial charge in [0.15, 0.2) is 0 Å². The molecule has 4 nitrogen and oxygen atoms in total. The van der Waals surface area contributed by atoms with Crippen LogP contribution in [-0.4, -0.2) is 23.3 Å². The van der Waals surface area contributed by atoms with Gasteiger partial charge in [-0.15, -0.1) is 0 Å². The number of carbonyl (C=O) groups is 1. The summed E-state index contributed by atoms with van der Waals surface area (Å²) in [5.41, 5.74) is 1.77. The van der Waals surface area contributed by atoms with Gasteiger partial charge < -0.3 is 15.7 Å². The van der Waals surface area contributed by atoms with E-state index in [4.69, 9.17) is 5.11 Å². The number of aliphatic hydroxyl groups is 1. The van der Waals surface area contributed by atoms with E-state index in [1.807, 2.05) is 19.1 Å². The van der Waals surface area contributed by atoms with E-state index in [1.165, 1.54) is 5.56 Å². The number of hydrogen-bond acceptors (Lipinski definition) is 2. The molecule has 1 atom stereocenters. The average molecular weight is 278 g/mol. The highest BCUT2D eigenvalue weighted by atomic mass is 16.3. The summed E-state index contributed by atoms with van der Waals surface area (Å²) in [5.74, 6) is 0. The van der Waals surface area contributed by atoms with Gasteiger partial charge in [0.1, 0.15) is 0 Å². The van der Waals surface area contributed by atoms with Gasteiger partial charge >= 0.3 is 6.03 Å². The van der Waals surface area contributed by atoms with Gasteiger partial charge in [-0.25, -0.2) is 4.79 Å². The summed E-state index contributed by atoms with van der Waals surface area (Å²) in [4.78, 5) is 11.8. The van der Waals surface area contributed by atoms with Gasteiger partial charge in [0.05, 0.1) is 18.2 Å². The molecular formula is C16H26N2O2. The summed E-state index contributed by atoms with van der Waals surface area (Å²) < 4.78 is 0. The normalized spacial score (nSPS) is 12.8. The van der Waals surface area contributed by atoms with Crippen LogP contribution in [0.4, 0.5) is 4.79 Å². The first-order chi connectivity index (χ1) is 9.38. The van der Waals surface area contributed by atoms with E-state index in [1.54, 1.807) is 13.8 Å². The largest absolute Gasteiger partial charge is 0.394 e. The van der Waals surface area contributed by atoms with Gasteiger partial charge in [0, 0.05) is 0 Å². The molecule has 0 aliphatic rings. The van der Waals surface area contributed by atoms with Crippen LogP contribution in [0.1, 0.15) is 51.3 Å². The van der Waals surface area contributed by atoms with Crippen LogP contribution < -0.4 is 10.6 Å². The zero-order valence-corrected chi connectivity index (χ0v) is 12.9. The van der Waals surface area contributed by atoms with E-state index in [-0.39, 0.29) is 18.7 Å². The van der Waals surface area contributed by atoms with Gasteiger partial charge in [0.25, 0.3) is 0 Å². The quantitative estimate of drug-likeness (QED) is 0.749. The smallest absolute Gasteiger partial charge is 0.315 e. The number of amides is 2. The van der Waals surface area contributed by atoms with Crippen molar-refractivity contribution in [2.24, 2.45) is 0 Å². The lowest BCUT2D eigenvalue weighted by molar-refractivity contribution is 0.180. The third kappa shape index (κ3) is 5.21. The van der Waals surface area contributed by atoms with Crippen LogP contribution >= 0.6 is 0 Å². The van der Waals surface area contributed by atoms with E-state index < -0.39 is 5.54 Å². The van der Waals surface area contributed by atoms with Crippen molar-refractivity contribution in [2.45, 2.75) is 52.1 Å². The highest BCUT2D eigenvalue weighted by Crippen LogP contribution is 2.14. The van der Waals surface area contributed by atoms with Crippen molar-refractivity contribution in [3.63, 3.8) is 0 Å². The van der Waals surface area contributed by atoms with Crippen molar-refractivity contribution in [1.82, 2.24) is 10.6 Å². The number of aryl methyl sites for hydroxylation is 1. The Morgan fingerprint density at radius 3 is 2.40 bits per heavy atom. The first-order valence-electron chi connectivity index (χ1n) is 7.16. The molecule has 20 heavy (non-hydrogen) atoms. The highest BCUT2D eigenvalue weighted by Gasteiger charge is 2.20. The second kappa shape index (κ2) is 7.29. The predicted octanol–water partition coefficient (Wildman–Crippen LogP) is 2.77. The van der Waals surface area contributed by atoms with E-state index in [0.717, 1.165) is 18.4 Å². The maximum absolute atomic E-state index is 11.8. The Morgan fingerprint density at radius 2 is 1.90 bits per heavy atom. The lowest BCUT2D eigenvalue weighted by Crippen LogP contribution is -2.50. The van der Waals surface area contributed by atoms with Gasteiger partial charge in [-0.1, -0.05) is 37.6 Å². The van der Waals surface area contributed by atoms with Crippen molar-refractivity contribution in [3.05, 3.63) is 35.4 Å². The molecule has 0 radical (unpaired) electrons. The van der Waals surface area contributed by atoms with E-state index in [2.05, 4.69) is 29.7 Å². The molecule has 0 bridgehead atoms. The summed E-state index contributed by atoms with van der Waals surface area (Å²) >= 11 is 0. The summed E-state index contributed by atoms with van der Waals surface area (Å²) in [6.45, 7) is 7.56. The van der Waals surface area contributed by atoms with Crippen LogP contribution in [0.2, 0.25) is 0 Å². The fourth-order valence-electron chi connectivity index (χ4n) is 1.92. The molecule has 0 saturated heterocycles. The Hall–Kier alpha value is -1.55. The second-order valence-electron chi connectivity index (χ2n) is 5.85. The highest BCUT2D eigenvalue weighted by molar-refractivity contribution is 5.75. The molecule has 0 aliphatic carbocycles. The third-order valence-electron chi connectivity index (χ3n) is 3.21. The molecule has 1 unspecified atom stereocenters. The Bertz CT molecular complexity index is 427. The molecule has 2 amide bonds. The topological polar surface area (TPSA) is 61.4 Å². The van der Waals surface area contributed by atoms with Crippen LogP contribution in [0.3, 0.4) is 0 Å². The summed E-state index contributed by atoms with van der Waals surface area (Å²) in [6.07, 6.45) is 2.21. The predicted molar refractivity (Wildman–Crippen MR) is 81.7 cm³/mol. The van der Waals surface area contributed by atoms with E-state index >= 15 is 0 Å². The van der Waals surface area contributed by atoms with Gasteiger partial charge in [-0.2, -0.15) is 0 Å². The van der Waals surface area contributed by atoms with Crippen LogP contribution in [0.25, 0.3) is 0 Å². The zero-order valence-electron chi connectivity index (χ0n) is 12.9. The zero-order chi connectivity index (χ0) is 15.2. The maximum Gasteiger partial charge on any atom is 0.315 e. The second-order valence-corrected chi connectivity index (χ2v) is 5.85. The number of urea groups is 1. The van der Waals surface area contributed by atoms with Gasteiger partial charge in [-0.3, -0.25) is 0 Å². The molecule has 0 heterocycles. The minimum Gasteiger partial charge on any atom is -0.394 e. The lowest BCUT2D eigenvalue weighted by Gasteiger charge is -2.25. The Labute approximate surface area is 121 Å². The molecule has 0 aliphatic heterocycles. The fourth-order valence-corrected chi connectivity index (χ4v) is 1.92. The number of carbonyl (C=O) groups excluding carboxylic acids is 1. The average Bonchev–Trinajstić information content (AvgIpc) is 2.39. The Morgan fingerprint density at radius 1 is 1.30 bits per heavy atom. The lowest BCUT2D eigenvalue weighted by atomic mass is 10.0. The number of aliphatic hydroxyl groups excluding tert-OH is 1. The monoisotopic (exact) mass is 278 g/mol. The van der Waals surface area contributed by atoms with Gasteiger partial charge in [-0.05, 0) is 38.3 Å². The van der Waals surface area contributed by atoms with E-state index in [9.17, 15) is 4.79 Å². The number of rotatable bonds is 6. The number of benzene rings is 1. The molecule has 1 aromatic rings. The van der Waals surface area contributed by atoms with Crippen LogP contribution in [0.5, 0.6) is 0 Å². The molecule has 0 aromatic heterocycles. The molecular weight excluding hydrogens is 252 g/mol. The minimum atomic E-state index is -0.616. The van der Waals surface area contributed by atoms with Gasteiger partial charge in [0.2, 0.25) is 0 Å². The molecule has 0 spiro atoms. The van der Waals surface area contributed by atoms with Crippen molar-refractivity contribution in [3.8, 4) is 0 Å². The first-order valence-corrected chi connectivity index (χ1v) is 7.16. The van der Waals surface area contributed by atoms with E-state index in [0.29, 0.717) is 0 Å². The van der Waals surface area contributed by atoms with Crippen molar-refractivity contribution in [2.75, 3.05) is 6.61 Å². The van der Waals surface area contributed by atoms with Crippen molar-refractivity contribution < 1.29 is 9.90 Å². The first kappa shape index (κ1) is 16.5. The SMILES string of the molecule is CCCc1ccc(C(C)NC(=O)NC(C)(C)CO)cc1. The molecule has 1 aromatic carbocycles. The molecule has 112 valence electrons. The van der Waals surface area contributed by atoms with Crippen LogP contribution in [-0.2, 0) is 6.42 Å². The van der Waals surface area contributed by atoms with Crippen LogP contribution in [0.15, 0.2) is 24.3 Å².